The van der Waals surface area contributed by atoms with Crippen LogP contribution in [-0.4, -0.2) is 21.5 Å². The summed E-state index contributed by atoms with van der Waals surface area (Å²) in [7, 11) is 0. The fraction of sp³-hybridized carbons (Fsp3) is 0.235. The summed E-state index contributed by atoms with van der Waals surface area (Å²) in [5.41, 5.74) is 8.45. The van der Waals surface area contributed by atoms with Crippen molar-refractivity contribution >= 4 is 22.8 Å². The maximum Gasteiger partial charge on any atom is 0.222 e. The summed E-state index contributed by atoms with van der Waals surface area (Å²) in [5.74, 6) is 1.08. The van der Waals surface area contributed by atoms with Gasteiger partial charge in [-0.25, -0.2) is 9.97 Å². The van der Waals surface area contributed by atoms with E-state index in [2.05, 4.69) is 45.4 Å². The second kappa shape index (κ2) is 6.39. The number of rotatable bonds is 5. The lowest BCUT2D eigenvalue weighted by Crippen LogP contribution is -2.06. The number of anilines is 2. The fourth-order valence-electron chi connectivity index (χ4n) is 2.33. The Morgan fingerprint density at radius 2 is 1.95 bits per heavy atom. The topological polar surface area (TPSA) is 76.7 Å². The van der Waals surface area contributed by atoms with E-state index in [1.807, 2.05) is 18.2 Å². The summed E-state index contributed by atoms with van der Waals surface area (Å²) >= 11 is 0. The van der Waals surface area contributed by atoms with Crippen molar-refractivity contribution in [2.24, 2.45) is 0 Å². The molecule has 0 unspecified atom stereocenters. The van der Waals surface area contributed by atoms with Crippen LogP contribution in [0.2, 0.25) is 0 Å². The highest BCUT2D eigenvalue weighted by Gasteiger charge is 2.10. The Bertz CT molecular complexity index is 771. The number of hydrogen-bond acceptors (Lipinski definition) is 5. The van der Waals surface area contributed by atoms with Crippen LogP contribution in [-0.2, 0) is 0 Å². The first kappa shape index (κ1) is 14.3. The molecule has 5 nitrogen and oxygen atoms in total. The number of unbranched alkanes of at least 4 members (excludes halogenated alkanes) is 1. The van der Waals surface area contributed by atoms with Crippen LogP contribution in [0.1, 0.15) is 19.8 Å². The van der Waals surface area contributed by atoms with Crippen molar-refractivity contribution in [2.45, 2.75) is 19.8 Å². The molecule has 0 amide bonds. The van der Waals surface area contributed by atoms with Crippen molar-refractivity contribution < 1.29 is 0 Å². The van der Waals surface area contributed by atoms with Crippen LogP contribution in [0.4, 0.5) is 11.8 Å². The zero-order valence-electron chi connectivity index (χ0n) is 12.6. The van der Waals surface area contributed by atoms with Gasteiger partial charge in [0.25, 0.3) is 0 Å². The van der Waals surface area contributed by atoms with E-state index in [1.54, 1.807) is 6.20 Å². The third kappa shape index (κ3) is 2.98. The van der Waals surface area contributed by atoms with Gasteiger partial charge in [0.05, 0.1) is 0 Å². The first-order chi connectivity index (χ1) is 10.8. The minimum absolute atomic E-state index is 0.243. The summed E-state index contributed by atoms with van der Waals surface area (Å²) in [6.07, 6.45) is 3.95. The summed E-state index contributed by atoms with van der Waals surface area (Å²) in [5, 5.41) is 4.30. The monoisotopic (exact) mass is 293 g/mol. The van der Waals surface area contributed by atoms with Gasteiger partial charge in [-0.2, -0.15) is 4.98 Å². The molecule has 0 radical (unpaired) electrons. The summed E-state index contributed by atoms with van der Waals surface area (Å²) in [4.78, 5) is 12.9. The van der Waals surface area contributed by atoms with E-state index in [4.69, 9.17) is 5.73 Å². The highest BCUT2D eigenvalue weighted by molar-refractivity contribution is 5.87. The van der Waals surface area contributed by atoms with Gasteiger partial charge in [0.15, 0.2) is 5.65 Å². The van der Waals surface area contributed by atoms with E-state index in [0.717, 1.165) is 41.7 Å². The molecule has 0 saturated carbocycles. The number of hydrogen-bond donors (Lipinski definition) is 2. The molecule has 0 aliphatic rings. The number of fused-ring (bicyclic) bond motifs is 1. The number of aromatic nitrogens is 3. The van der Waals surface area contributed by atoms with Crippen LogP contribution in [0.25, 0.3) is 22.2 Å². The van der Waals surface area contributed by atoms with Gasteiger partial charge in [0.1, 0.15) is 5.82 Å². The molecule has 0 aliphatic carbocycles. The maximum atomic E-state index is 5.66. The lowest BCUT2D eigenvalue weighted by atomic mass is 10.1. The molecule has 0 saturated heterocycles. The third-order valence-electron chi connectivity index (χ3n) is 3.49. The Morgan fingerprint density at radius 1 is 1.14 bits per heavy atom. The zero-order chi connectivity index (χ0) is 15.4. The van der Waals surface area contributed by atoms with Crippen LogP contribution < -0.4 is 11.1 Å². The molecule has 0 spiro atoms. The molecule has 0 bridgehead atoms. The van der Waals surface area contributed by atoms with E-state index in [9.17, 15) is 0 Å². The van der Waals surface area contributed by atoms with Crippen molar-refractivity contribution in [3.8, 4) is 11.1 Å². The Morgan fingerprint density at radius 3 is 2.73 bits per heavy atom. The molecule has 2 heterocycles. The van der Waals surface area contributed by atoms with Crippen molar-refractivity contribution in [3.05, 3.63) is 42.6 Å². The predicted molar refractivity (Wildman–Crippen MR) is 90.6 cm³/mol. The van der Waals surface area contributed by atoms with E-state index < -0.39 is 0 Å². The highest BCUT2D eigenvalue weighted by atomic mass is 15.1. The summed E-state index contributed by atoms with van der Waals surface area (Å²) in [6.45, 7) is 3.05. The second-order valence-corrected chi connectivity index (χ2v) is 5.17. The van der Waals surface area contributed by atoms with Gasteiger partial charge in [0.2, 0.25) is 5.95 Å². The average molecular weight is 293 g/mol. The molecule has 22 heavy (non-hydrogen) atoms. The minimum atomic E-state index is 0.243. The first-order valence-corrected chi connectivity index (χ1v) is 7.50. The first-order valence-electron chi connectivity index (χ1n) is 7.50. The van der Waals surface area contributed by atoms with Gasteiger partial charge in [-0.15, -0.1) is 0 Å². The SMILES string of the molecule is CCCCNc1nc2nc(N)ncc2cc1-c1ccccc1. The highest BCUT2D eigenvalue weighted by Crippen LogP contribution is 2.29. The molecular formula is C17H19N5. The van der Waals surface area contributed by atoms with Crippen molar-refractivity contribution in [2.75, 3.05) is 17.6 Å². The second-order valence-electron chi connectivity index (χ2n) is 5.17. The Kier molecular flexibility index (Phi) is 4.14. The van der Waals surface area contributed by atoms with Crippen LogP contribution in [0.5, 0.6) is 0 Å². The number of nitrogens with two attached hydrogens (primary N) is 1. The molecule has 5 heteroatoms. The number of nitrogen functional groups attached to an aromatic ring is 1. The smallest absolute Gasteiger partial charge is 0.222 e. The quantitative estimate of drug-likeness (QED) is 0.704. The molecule has 0 aliphatic heterocycles. The van der Waals surface area contributed by atoms with E-state index in [-0.39, 0.29) is 5.95 Å². The summed E-state index contributed by atoms with van der Waals surface area (Å²) in [6, 6.07) is 12.3. The third-order valence-corrected chi connectivity index (χ3v) is 3.49. The standard InChI is InChI=1S/C17H19N5/c1-2-3-9-19-16-14(12-7-5-4-6-8-12)10-13-11-20-17(18)22-15(13)21-16/h4-8,10-11H,2-3,9H2,1H3,(H3,18,19,20,21,22). The molecule has 1 aromatic carbocycles. The normalized spacial score (nSPS) is 10.8. The number of nitrogens with one attached hydrogen (secondary N) is 1. The lowest BCUT2D eigenvalue weighted by Gasteiger charge is -2.12. The largest absolute Gasteiger partial charge is 0.369 e. The van der Waals surface area contributed by atoms with Crippen molar-refractivity contribution in [1.29, 1.82) is 0 Å². The van der Waals surface area contributed by atoms with Gasteiger partial charge in [-0.05, 0) is 18.1 Å². The Hall–Kier alpha value is -2.69. The molecule has 0 fully saturated rings. The van der Waals surface area contributed by atoms with Crippen molar-refractivity contribution in [1.82, 2.24) is 15.0 Å². The Labute approximate surface area is 129 Å². The van der Waals surface area contributed by atoms with Crippen LogP contribution in [0, 0.1) is 0 Å². The molecule has 2 aromatic heterocycles. The van der Waals surface area contributed by atoms with Gasteiger partial charge < -0.3 is 11.1 Å². The van der Waals surface area contributed by atoms with Gasteiger partial charge in [-0.3, -0.25) is 0 Å². The molecule has 3 N–H and O–H groups in total. The fourth-order valence-corrected chi connectivity index (χ4v) is 2.33. The number of nitrogens with zero attached hydrogens (tertiary/aromatic N) is 3. The molecule has 0 atom stereocenters. The predicted octanol–water partition coefficient (Wildman–Crippen LogP) is 3.49. The number of pyridine rings is 1. The van der Waals surface area contributed by atoms with E-state index in [0.29, 0.717) is 5.65 Å². The van der Waals surface area contributed by atoms with E-state index >= 15 is 0 Å². The van der Waals surface area contributed by atoms with Crippen LogP contribution in [0.3, 0.4) is 0 Å². The average Bonchev–Trinajstić information content (AvgIpc) is 2.55. The van der Waals surface area contributed by atoms with Gasteiger partial charge in [-0.1, -0.05) is 43.7 Å². The van der Waals surface area contributed by atoms with Gasteiger partial charge >= 0.3 is 0 Å². The zero-order valence-corrected chi connectivity index (χ0v) is 12.6. The van der Waals surface area contributed by atoms with E-state index in [1.165, 1.54) is 0 Å². The van der Waals surface area contributed by atoms with Gasteiger partial charge in [0, 0.05) is 23.7 Å². The molecular weight excluding hydrogens is 274 g/mol. The summed E-state index contributed by atoms with van der Waals surface area (Å²) < 4.78 is 0. The molecule has 3 aromatic rings. The Balaban J connectivity index is 2.10. The van der Waals surface area contributed by atoms with Crippen LogP contribution in [0.15, 0.2) is 42.6 Å². The lowest BCUT2D eigenvalue weighted by molar-refractivity contribution is 0.831. The maximum absolute atomic E-state index is 5.66. The minimum Gasteiger partial charge on any atom is -0.369 e. The van der Waals surface area contributed by atoms with Crippen LogP contribution >= 0.6 is 0 Å². The van der Waals surface area contributed by atoms with Crippen molar-refractivity contribution in [3.63, 3.8) is 0 Å². The molecule has 3 rings (SSSR count). The molecule has 112 valence electrons. The number of benzene rings is 1.